The first-order chi connectivity index (χ1) is 10.2. The van der Waals surface area contributed by atoms with Crippen LogP contribution in [0.5, 0.6) is 0 Å². The Bertz CT molecular complexity index is 433. The molecule has 2 N–H and O–H groups in total. The Morgan fingerprint density at radius 1 is 1.10 bits per heavy atom. The van der Waals surface area contributed by atoms with Crippen molar-refractivity contribution in [1.82, 2.24) is 5.32 Å². The van der Waals surface area contributed by atoms with Gasteiger partial charge in [0.15, 0.2) is 0 Å². The maximum Gasteiger partial charge on any atom is 0.251 e. The Morgan fingerprint density at radius 2 is 1.76 bits per heavy atom. The number of benzene rings is 1. The smallest absolute Gasteiger partial charge is 0.251 e. The van der Waals surface area contributed by atoms with Crippen LogP contribution < -0.4 is 10.6 Å². The molecule has 1 aliphatic carbocycles. The van der Waals surface area contributed by atoms with Crippen LogP contribution in [0.25, 0.3) is 0 Å². The monoisotopic (exact) mass is 288 g/mol. The molecule has 0 radical (unpaired) electrons. The van der Waals surface area contributed by atoms with Crippen molar-refractivity contribution in [2.45, 2.75) is 58.4 Å². The van der Waals surface area contributed by atoms with Gasteiger partial charge in [0.1, 0.15) is 0 Å². The van der Waals surface area contributed by atoms with Gasteiger partial charge in [0.2, 0.25) is 0 Å². The van der Waals surface area contributed by atoms with Gasteiger partial charge in [-0.25, -0.2) is 0 Å². The number of hydrogen-bond acceptors (Lipinski definition) is 2. The molecule has 0 saturated heterocycles. The van der Waals surface area contributed by atoms with Crippen LogP contribution in [0.2, 0.25) is 0 Å². The average molecular weight is 288 g/mol. The van der Waals surface area contributed by atoms with Gasteiger partial charge in [-0.3, -0.25) is 4.79 Å². The predicted octanol–water partition coefficient (Wildman–Crippen LogP) is 4.21. The van der Waals surface area contributed by atoms with Crippen LogP contribution in [0.4, 0.5) is 5.69 Å². The first-order valence-electron chi connectivity index (χ1n) is 8.37. The zero-order valence-corrected chi connectivity index (χ0v) is 13.3. The van der Waals surface area contributed by atoms with Crippen molar-refractivity contribution < 1.29 is 4.79 Å². The van der Waals surface area contributed by atoms with E-state index in [0.717, 1.165) is 36.6 Å². The summed E-state index contributed by atoms with van der Waals surface area (Å²) in [5, 5.41) is 6.43. The molecule has 3 nitrogen and oxygen atoms in total. The summed E-state index contributed by atoms with van der Waals surface area (Å²) < 4.78 is 0. The van der Waals surface area contributed by atoms with Crippen LogP contribution in [0.1, 0.15) is 62.7 Å². The second-order valence-corrected chi connectivity index (χ2v) is 6.09. The first-order valence-corrected chi connectivity index (χ1v) is 8.37. The van der Waals surface area contributed by atoms with Gasteiger partial charge in [-0.05, 0) is 62.8 Å². The maximum absolute atomic E-state index is 12.3. The summed E-state index contributed by atoms with van der Waals surface area (Å²) in [5.74, 6) is 0.944. The van der Waals surface area contributed by atoms with Gasteiger partial charge in [0.25, 0.3) is 5.91 Å². The van der Waals surface area contributed by atoms with Gasteiger partial charge in [0.05, 0.1) is 0 Å². The molecule has 1 saturated carbocycles. The molecule has 0 heterocycles. The van der Waals surface area contributed by atoms with Crippen molar-refractivity contribution in [3.8, 4) is 0 Å². The minimum atomic E-state index is 0.0667. The SMILES string of the molecule is CCCC1CCC(NC(=O)c2ccc(NCC)cc2)CC1. The van der Waals surface area contributed by atoms with Gasteiger partial charge < -0.3 is 10.6 Å². The van der Waals surface area contributed by atoms with Crippen molar-refractivity contribution >= 4 is 11.6 Å². The summed E-state index contributed by atoms with van der Waals surface area (Å²) in [6.07, 6.45) is 7.40. The summed E-state index contributed by atoms with van der Waals surface area (Å²) in [7, 11) is 0. The molecule has 1 fully saturated rings. The van der Waals surface area contributed by atoms with E-state index in [0.29, 0.717) is 6.04 Å². The fourth-order valence-corrected chi connectivity index (χ4v) is 3.22. The fourth-order valence-electron chi connectivity index (χ4n) is 3.22. The zero-order chi connectivity index (χ0) is 15.1. The van der Waals surface area contributed by atoms with Crippen LogP contribution >= 0.6 is 0 Å². The summed E-state index contributed by atoms with van der Waals surface area (Å²) in [5.41, 5.74) is 1.82. The standard InChI is InChI=1S/C18H28N2O/c1-3-5-14-6-10-17(11-7-14)20-18(21)15-8-12-16(13-9-15)19-4-2/h8-9,12-14,17,19H,3-7,10-11H2,1-2H3,(H,20,21). The summed E-state index contributed by atoms with van der Waals surface area (Å²) in [6.45, 7) is 5.22. The molecule has 0 aliphatic heterocycles. The molecular formula is C18H28N2O. The molecule has 0 aromatic heterocycles. The van der Waals surface area contributed by atoms with Crippen LogP contribution in [0.3, 0.4) is 0 Å². The van der Waals surface area contributed by atoms with Crippen molar-refractivity contribution in [3.63, 3.8) is 0 Å². The van der Waals surface area contributed by atoms with Crippen LogP contribution in [0.15, 0.2) is 24.3 Å². The van der Waals surface area contributed by atoms with E-state index in [9.17, 15) is 4.79 Å². The highest BCUT2D eigenvalue weighted by Crippen LogP contribution is 2.27. The van der Waals surface area contributed by atoms with E-state index in [4.69, 9.17) is 0 Å². The number of nitrogens with one attached hydrogen (secondary N) is 2. The Kier molecular flexibility index (Phi) is 6.09. The number of rotatable bonds is 6. The Balaban J connectivity index is 1.81. The highest BCUT2D eigenvalue weighted by molar-refractivity contribution is 5.94. The minimum absolute atomic E-state index is 0.0667. The predicted molar refractivity (Wildman–Crippen MR) is 88.7 cm³/mol. The van der Waals surface area contributed by atoms with Crippen molar-refractivity contribution in [3.05, 3.63) is 29.8 Å². The number of carbonyl (C=O) groups is 1. The molecule has 1 amide bonds. The second kappa shape index (κ2) is 8.06. The number of anilines is 1. The third-order valence-electron chi connectivity index (χ3n) is 4.41. The molecule has 0 bridgehead atoms. The van der Waals surface area contributed by atoms with Crippen LogP contribution in [-0.4, -0.2) is 18.5 Å². The highest BCUT2D eigenvalue weighted by Gasteiger charge is 2.22. The zero-order valence-electron chi connectivity index (χ0n) is 13.3. The van der Waals surface area contributed by atoms with E-state index in [1.807, 2.05) is 24.3 Å². The van der Waals surface area contributed by atoms with Gasteiger partial charge in [-0.15, -0.1) is 0 Å². The van der Waals surface area contributed by atoms with Gasteiger partial charge >= 0.3 is 0 Å². The maximum atomic E-state index is 12.3. The lowest BCUT2D eigenvalue weighted by Gasteiger charge is -2.29. The summed E-state index contributed by atoms with van der Waals surface area (Å²) in [6, 6.07) is 8.10. The molecule has 1 aliphatic rings. The van der Waals surface area contributed by atoms with E-state index in [2.05, 4.69) is 24.5 Å². The van der Waals surface area contributed by atoms with Crippen molar-refractivity contribution in [2.24, 2.45) is 5.92 Å². The molecule has 3 heteroatoms. The Labute approximate surface area is 128 Å². The lowest BCUT2D eigenvalue weighted by Crippen LogP contribution is -2.37. The normalized spacial score (nSPS) is 21.8. The highest BCUT2D eigenvalue weighted by atomic mass is 16.1. The summed E-state index contributed by atoms with van der Waals surface area (Å²) >= 11 is 0. The Morgan fingerprint density at radius 3 is 2.33 bits per heavy atom. The van der Waals surface area contributed by atoms with Crippen molar-refractivity contribution in [2.75, 3.05) is 11.9 Å². The van der Waals surface area contributed by atoms with E-state index in [1.165, 1.54) is 25.7 Å². The lowest BCUT2D eigenvalue weighted by molar-refractivity contribution is 0.0921. The Hall–Kier alpha value is -1.51. The molecule has 0 atom stereocenters. The number of hydrogen-bond donors (Lipinski definition) is 2. The quantitative estimate of drug-likeness (QED) is 0.823. The molecule has 116 valence electrons. The van der Waals surface area contributed by atoms with Crippen LogP contribution in [0, 0.1) is 5.92 Å². The molecular weight excluding hydrogens is 260 g/mol. The van der Waals surface area contributed by atoms with Gasteiger partial charge in [-0.2, -0.15) is 0 Å². The van der Waals surface area contributed by atoms with Gasteiger partial charge in [-0.1, -0.05) is 19.8 Å². The van der Waals surface area contributed by atoms with E-state index >= 15 is 0 Å². The number of amides is 1. The third-order valence-corrected chi connectivity index (χ3v) is 4.41. The van der Waals surface area contributed by atoms with Gasteiger partial charge in [0, 0.05) is 23.8 Å². The summed E-state index contributed by atoms with van der Waals surface area (Å²) in [4.78, 5) is 12.3. The van der Waals surface area contributed by atoms with E-state index in [1.54, 1.807) is 0 Å². The molecule has 1 aromatic rings. The fraction of sp³-hybridized carbons (Fsp3) is 0.611. The molecule has 21 heavy (non-hydrogen) atoms. The van der Waals surface area contributed by atoms with E-state index < -0.39 is 0 Å². The minimum Gasteiger partial charge on any atom is -0.385 e. The molecule has 2 rings (SSSR count). The lowest BCUT2D eigenvalue weighted by atomic mass is 9.83. The largest absolute Gasteiger partial charge is 0.385 e. The molecule has 0 unspecified atom stereocenters. The van der Waals surface area contributed by atoms with E-state index in [-0.39, 0.29) is 5.91 Å². The average Bonchev–Trinajstić information content (AvgIpc) is 2.50. The molecule has 1 aromatic carbocycles. The number of carbonyl (C=O) groups excluding carboxylic acids is 1. The second-order valence-electron chi connectivity index (χ2n) is 6.09. The first kappa shape index (κ1) is 15.9. The van der Waals surface area contributed by atoms with Crippen molar-refractivity contribution in [1.29, 1.82) is 0 Å². The molecule has 0 spiro atoms. The topological polar surface area (TPSA) is 41.1 Å². The van der Waals surface area contributed by atoms with Crippen LogP contribution in [-0.2, 0) is 0 Å². The third kappa shape index (κ3) is 4.76.